The summed E-state index contributed by atoms with van der Waals surface area (Å²) in [6.45, 7) is 6.22. The average molecular weight is 329 g/mol. The van der Waals surface area contributed by atoms with E-state index in [0.29, 0.717) is 11.4 Å². The minimum atomic E-state index is -3.48. The Morgan fingerprint density at radius 1 is 1.00 bits per heavy atom. The van der Waals surface area contributed by atoms with Gasteiger partial charge in [0.1, 0.15) is 0 Å². The number of aryl methyl sites for hydroxylation is 3. The van der Waals surface area contributed by atoms with Gasteiger partial charge in [0.15, 0.2) is 0 Å². The van der Waals surface area contributed by atoms with Crippen LogP contribution in [0.2, 0.25) is 0 Å². The molecule has 0 atom stereocenters. The van der Waals surface area contributed by atoms with Crippen molar-refractivity contribution >= 4 is 10.0 Å². The second-order valence-corrected chi connectivity index (χ2v) is 8.32. The molecule has 4 heteroatoms. The van der Waals surface area contributed by atoms with Crippen LogP contribution >= 0.6 is 0 Å². The second-order valence-electron chi connectivity index (χ2n) is 6.49. The van der Waals surface area contributed by atoms with E-state index in [9.17, 15) is 8.42 Å². The molecule has 1 aliphatic rings. The zero-order valence-electron chi connectivity index (χ0n) is 13.9. The molecule has 23 heavy (non-hydrogen) atoms. The summed E-state index contributed by atoms with van der Waals surface area (Å²) >= 11 is 0. The summed E-state index contributed by atoms with van der Waals surface area (Å²) < 4.78 is 28.3. The van der Waals surface area contributed by atoms with E-state index >= 15 is 0 Å². The fourth-order valence-electron chi connectivity index (χ4n) is 3.23. The summed E-state index contributed by atoms with van der Waals surface area (Å²) in [5.74, 6) is 0. The lowest BCUT2D eigenvalue weighted by molar-refractivity contribution is 0.398. The molecule has 3 nitrogen and oxygen atoms in total. The van der Waals surface area contributed by atoms with Crippen molar-refractivity contribution < 1.29 is 8.42 Å². The quantitative estimate of drug-likeness (QED) is 0.832. The average Bonchev–Trinajstić information content (AvgIpc) is 3.28. The van der Waals surface area contributed by atoms with Gasteiger partial charge in [0, 0.05) is 12.6 Å². The maximum atomic E-state index is 13.3. The molecule has 3 rings (SSSR count). The largest absolute Gasteiger partial charge is 0.244 e. The molecule has 0 bridgehead atoms. The van der Waals surface area contributed by atoms with E-state index in [1.165, 1.54) is 0 Å². The lowest BCUT2D eigenvalue weighted by Crippen LogP contribution is -2.33. The number of hydrogen-bond donors (Lipinski definition) is 0. The smallest absolute Gasteiger partial charge is 0.207 e. The maximum Gasteiger partial charge on any atom is 0.244 e. The van der Waals surface area contributed by atoms with Gasteiger partial charge in [-0.3, -0.25) is 0 Å². The number of rotatable bonds is 5. The highest BCUT2D eigenvalue weighted by atomic mass is 32.2. The Hall–Kier alpha value is -1.65. The van der Waals surface area contributed by atoms with E-state index in [2.05, 4.69) is 0 Å². The van der Waals surface area contributed by atoms with Crippen molar-refractivity contribution in [1.29, 1.82) is 0 Å². The Balaban J connectivity index is 2.02. The van der Waals surface area contributed by atoms with Crippen LogP contribution in [0.5, 0.6) is 0 Å². The molecular formula is C19H23NO2S. The zero-order valence-corrected chi connectivity index (χ0v) is 14.7. The Labute approximate surface area is 139 Å². The van der Waals surface area contributed by atoms with Gasteiger partial charge < -0.3 is 0 Å². The molecule has 0 amide bonds. The Bertz CT molecular complexity index is 786. The highest BCUT2D eigenvalue weighted by Gasteiger charge is 2.39. The number of benzene rings is 2. The fourth-order valence-corrected chi connectivity index (χ4v) is 5.32. The standard InChI is InChI=1S/C19H23NO2S/c1-14-11-15(2)19(16(3)12-14)23(21,22)20(18-9-10-18)13-17-7-5-4-6-8-17/h4-8,11-12,18H,9-10,13H2,1-3H3. The third kappa shape index (κ3) is 3.33. The van der Waals surface area contributed by atoms with Crippen LogP contribution in [0.3, 0.4) is 0 Å². The van der Waals surface area contributed by atoms with Crippen molar-refractivity contribution in [1.82, 2.24) is 4.31 Å². The third-order valence-corrected chi connectivity index (χ3v) is 6.51. The molecule has 1 saturated carbocycles. The summed E-state index contributed by atoms with van der Waals surface area (Å²) in [6.07, 6.45) is 1.91. The van der Waals surface area contributed by atoms with Gasteiger partial charge in [0.05, 0.1) is 4.90 Å². The van der Waals surface area contributed by atoms with Crippen molar-refractivity contribution in [2.24, 2.45) is 0 Å². The van der Waals surface area contributed by atoms with Crippen molar-refractivity contribution in [2.45, 2.75) is 51.1 Å². The van der Waals surface area contributed by atoms with E-state index in [-0.39, 0.29) is 6.04 Å². The monoisotopic (exact) mass is 329 g/mol. The van der Waals surface area contributed by atoms with E-state index in [0.717, 1.165) is 35.1 Å². The first-order chi connectivity index (χ1) is 10.9. The van der Waals surface area contributed by atoms with Crippen LogP contribution in [0.1, 0.15) is 35.1 Å². The van der Waals surface area contributed by atoms with E-state index in [1.807, 2.05) is 63.2 Å². The lowest BCUT2D eigenvalue weighted by atomic mass is 10.1. The lowest BCUT2D eigenvalue weighted by Gasteiger charge is -2.24. The van der Waals surface area contributed by atoms with Gasteiger partial charge in [0.25, 0.3) is 0 Å². The van der Waals surface area contributed by atoms with Gasteiger partial charge in [-0.1, -0.05) is 48.0 Å². The molecule has 0 heterocycles. The molecule has 2 aromatic carbocycles. The molecule has 0 spiro atoms. The van der Waals surface area contributed by atoms with Gasteiger partial charge in [0.2, 0.25) is 10.0 Å². The van der Waals surface area contributed by atoms with E-state index in [1.54, 1.807) is 4.31 Å². The number of hydrogen-bond acceptors (Lipinski definition) is 2. The van der Waals surface area contributed by atoms with Gasteiger partial charge in [-0.05, 0) is 50.3 Å². The number of sulfonamides is 1. The minimum absolute atomic E-state index is 0.139. The highest BCUT2D eigenvalue weighted by Crippen LogP contribution is 2.35. The van der Waals surface area contributed by atoms with Crippen LogP contribution in [-0.2, 0) is 16.6 Å². The first-order valence-electron chi connectivity index (χ1n) is 8.03. The Kier molecular flexibility index (Phi) is 4.30. The minimum Gasteiger partial charge on any atom is -0.207 e. The second kappa shape index (κ2) is 6.10. The summed E-state index contributed by atoms with van der Waals surface area (Å²) in [4.78, 5) is 0.478. The SMILES string of the molecule is Cc1cc(C)c(S(=O)(=O)N(Cc2ccccc2)C2CC2)c(C)c1. The summed E-state index contributed by atoms with van der Waals surface area (Å²) in [5, 5.41) is 0. The molecule has 0 aromatic heterocycles. The Morgan fingerprint density at radius 3 is 2.09 bits per heavy atom. The fraction of sp³-hybridized carbons (Fsp3) is 0.368. The van der Waals surface area contributed by atoms with Crippen LogP contribution in [0.4, 0.5) is 0 Å². The first-order valence-corrected chi connectivity index (χ1v) is 9.47. The molecular weight excluding hydrogens is 306 g/mol. The van der Waals surface area contributed by atoms with Gasteiger partial charge in [-0.25, -0.2) is 8.42 Å². The van der Waals surface area contributed by atoms with Crippen LogP contribution in [0.15, 0.2) is 47.4 Å². The highest BCUT2D eigenvalue weighted by molar-refractivity contribution is 7.89. The molecule has 0 aliphatic heterocycles. The molecule has 1 fully saturated rings. The summed E-state index contributed by atoms with van der Waals surface area (Å²) in [5.41, 5.74) is 3.80. The Morgan fingerprint density at radius 2 is 1.57 bits per heavy atom. The molecule has 0 unspecified atom stereocenters. The summed E-state index contributed by atoms with van der Waals surface area (Å²) in [6, 6.07) is 13.9. The molecule has 0 N–H and O–H groups in total. The van der Waals surface area contributed by atoms with Crippen molar-refractivity contribution in [3.05, 3.63) is 64.7 Å². The van der Waals surface area contributed by atoms with Crippen LogP contribution in [0.25, 0.3) is 0 Å². The predicted octanol–water partition coefficient (Wildman–Crippen LogP) is 3.97. The van der Waals surface area contributed by atoms with Crippen molar-refractivity contribution in [3.8, 4) is 0 Å². The van der Waals surface area contributed by atoms with Crippen LogP contribution < -0.4 is 0 Å². The molecule has 1 aliphatic carbocycles. The van der Waals surface area contributed by atoms with Crippen LogP contribution in [0, 0.1) is 20.8 Å². The van der Waals surface area contributed by atoms with Crippen molar-refractivity contribution in [2.75, 3.05) is 0 Å². The maximum absolute atomic E-state index is 13.3. The van der Waals surface area contributed by atoms with E-state index < -0.39 is 10.0 Å². The van der Waals surface area contributed by atoms with Gasteiger partial charge in [-0.2, -0.15) is 4.31 Å². The molecule has 2 aromatic rings. The van der Waals surface area contributed by atoms with Crippen molar-refractivity contribution in [3.63, 3.8) is 0 Å². The zero-order chi connectivity index (χ0) is 16.6. The van der Waals surface area contributed by atoms with Crippen LogP contribution in [-0.4, -0.2) is 18.8 Å². The van der Waals surface area contributed by atoms with Gasteiger partial charge in [-0.15, -0.1) is 0 Å². The molecule has 0 saturated heterocycles. The van der Waals surface area contributed by atoms with Gasteiger partial charge >= 0.3 is 0 Å². The molecule has 122 valence electrons. The third-order valence-electron chi connectivity index (χ3n) is 4.31. The number of nitrogens with zero attached hydrogens (tertiary/aromatic N) is 1. The van der Waals surface area contributed by atoms with E-state index in [4.69, 9.17) is 0 Å². The molecule has 0 radical (unpaired) electrons. The normalized spacial score (nSPS) is 15.1. The predicted molar refractivity (Wildman–Crippen MR) is 92.8 cm³/mol. The first kappa shape index (κ1) is 16.2. The summed E-state index contributed by atoms with van der Waals surface area (Å²) in [7, 11) is -3.48. The topological polar surface area (TPSA) is 37.4 Å².